The van der Waals surface area contributed by atoms with Gasteiger partial charge in [-0.2, -0.15) is 0 Å². The quantitative estimate of drug-likeness (QED) is 0.507. The van der Waals surface area contributed by atoms with Crippen molar-refractivity contribution in [2.45, 2.75) is 13.8 Å². The third kappa shape index (κ3) is 5.43. The van der Waals surface area contributed by atoms with E-state index in [4.69, 9.17) is 0 Å². The number of amides is 1. The summed E-state index contributed by atoms with van der Waals surface area (Å²) in [5, 5.41) is 0. The van der Waals surface area contributed by atoms with Crippen molar-refractivity contribution in [2.24, 2.45) is 0 Å². The minimum atomic E-state index is -0.196. The van der Waals surface area contributed by atoms with Gasteiger partial charge in [0.2, 0.25) is 5.91 Å². The Labute approximate surface area is 42.6 Å². The normalized spacial score (nSPS) is 8.29. The predicted molar refractivity (Wildman–Crippen MR) is 24.9 cm³/mol. The lowest BCUT2D eigenvalue weighted by Crippen LogP contribution is -2.17. The van der Waals surface area contributed by atoms with Gasteiger partial charge in [-0.05, 0) is 6.92 Å². The predicted octanol–water partition coefficient (Wildman–Crippen LogP) is 0.236. The van der Waals surface area contributed by atoms with Crippen LogP contribution in [0, 0.1) is 6.61 Å². The van der Waals surface area contributed by atoms with Crippen molar-refractivity contribution >= 4 is 5.91 Å². The lowest BCUT2D eigenvalue weighted by Gasteiger charge is -1.94. The fraction of sp³-hybridized carbons (Fsp3) is 0.500. The van der Waals surface area contributed by atoms with Crippen LogP contribution in [0.3, 0.4) is 0 Å². The molecule has 0 unspecified atom stereocenters. The Morgan fingerprint density at radius 1 is 1.86 bits per heavy atom. The fourth-order valence-corrected chi connectivity index (χ4v) is 0.142. The van der Waals surface area contributed by atoms with Crippen molar-refractivity contribution in [3.8, 4) is 0 Å². The van der Waals surface area contributed by atoms with Crippen LogP contribution < -0.4 is 5.48 Å². The Kier molecular flexibility index (Phi) is 3.32. The van der Waals surface area contributed by atoms with Gasteiger partial charge in [-0.25, -0.2) is 5.48 Å². The second-order valence-corrected chi connectivity index (χ2v) is 1.01. The summed E-state index contributed by atoms with van der Waals surface area (Å²) >= 11 is 0. The highest BCUT2D eigenvalue weighted by atomic mass is 16.6. The zero-order valence-electron chi connectivity index (χ0n) is 4.39. The third-order valence-electron chi connectivity index (χ3n) is 0.321. The Morgan fingerprint density at radius 3 is 2.57 bits per heavy atom. The molecule has 3 nitrogen and oxygen atoms in total. The molecule has 0 heterocycles. The van der Waals surface area contributed by atoms with Crippen molar-refractivity contribution in [1.29, 1.82) is 0 Å². The molecule has 0 aromatic carbocycles. The van der Waals surface area contributed by atoms with E-state index >= 15 is 0 Å². The Bertz CT molecular complexity index is 62.7. The standard InChI is InChI=1S/C4H8NO2/c1-3-7-5-4(2)6/h3H,1-2H3,(H,5,6). The first-order valence-corrected chi connectivity index (χ1v) is 1.97. The van der Waals surface area contributed by atoms with Gasteiger partial charge in [-0.3, -0.25) is 9.63 Å². The van der Waals surface area contributed by atoms with Gasteiger partial charge in [-0.1, -0.05) is 0 Å². The van der Waals surface area contributed by atoms with Crippen molar-refractivity contribution in [1.82, 2.24) is 5.48 Å². The molecule has 0 aliphatic carbocycles. The van der Waals surface area contributed by atoms with Crippen LogP contribution in [0.5, 0.6) is 0 Å². The highest BCUT2D eigenvalue weighted by Gasteiger charge is 1.83. The maximum atomic E-state index is 9.95. The van der Waals surface area contributed by atoms with E-state index in [2.05, 4.69) is 10.3 Å². The number of hydrogen-bond donors (Lipinski definition) is 1. The lowest BCUT2D eigenvalue weighted by molar-refractivity contribution is -0.128. The number of carbonyl (C=O) groups is 1. The van der Waals surface area contributed by atoms with Crippen LogP contribution in [-0.4, -0.2) is 5.91 Å². The van der Waals surface area contributed by atoms with Crippen LogP contribution in [-0.2, 0) is 9.63 Å². The first-order chi connectivity index (χ1) is 3.27. The number of nitrogens with one attached hydrogen (secondary N) is 1. The Hall–Kier alpha value is -0.570. The van der Waals surface area contributed by atoms with Gasteiger partial charge in [0.1, 0.15) is 6.61 Å². The van der Waals surface area contributed by atoms with E-state index in [9.17, 15) is 4.79 Å². The van der Waals surface area contributed by atoms with Gasteiger partial charge in [0.15, 0.2) is 0 Å². The van der Waals surface area contributed by atoms with E-state index in [1.165, 1.54) is 13.5 Å². The average molecular weight is 102 g/mol. The molecule has 3 heteroatoms. The summed E-state index contributed by atoms with van der Waals surface area (Å²) in [7, 11) is 0. The summed E-state index contributed by atoms with van der Waals surface area (Å²) < 4.78 is 0. The van der Waals surface area contributed by atoms with E-state index in [-0.39, 0.29) is 5.91 Å². The van der Waals surface area contributed by atoms with Gasteiger partial charge in [0.25, 0.3) is 0 Å². The highest BCUT2D eigenvalue weighted by Crippen LogP contribution is 1.69. The molecule has 7 heavy (non-hydrogen) atoms. The number of carbonyl (C=O) groups excluding carboxylic acids is 1. The van der Waals surface area contributed by atoms with Crippen LogP contribution in [0.2, 0.25) is 0 Å². The minimum absolute atomic E-state index is 0.196. The van der Waals surface area contributed by atoms with Crippen LogP contribution in [0.1, 0.15) is 13.8 Å². The molecule has 1 N–H and O–H groups in total. The summed E-state index contributed by atoms with van der Waals surface area (Å²) in [5.74, 6) is -0.196. The smallest absolute Gasteiger partial charge is 0.240 e. The molecular formula is C4H8NO2. The van der Waals surface area contributed by atoms with E-state index in [1.54, 1.807) is 6.92 Å². The third-order valence-corrected chi connectivity index (χ3v) is 0.321. The van der Waals surface area contributed by atoms with Gasteiger partial charge in [0, 0.05) is 6.92 Å². The van der Waals surface area contributed by atoms with Gasteiger partial charge in [0.05, 0.1) is 0 Å². The second kappa shape index (κ2) is 3.61. The fourth-order valence-electron chi connectivity index (χ4n) is 0.142. The lowest BCUT2D eigenvalue weighted by atomic mass is 10.8. The molecule has 41 valence electrons. The van der Waals surface area contributed by atoms with E-state index in [0.717, 1.165) is 0 Å². The molecule has 0 fully saturated rings. The summed E-state index contributed by atoms with van der Waals surface area (Å²) in [4.78, 5) is 14.3. The summed E-state index contributed by atoms with van der Waals surface area (Å²) in [6.45, 7) is 4.45. The molecule has 1 radical (unpaired) electrons. The van der Waals surface area contributed by atoms with E-state index in [0.29, 0.717) is 0 Å². The zero-order valence-corrected chi connectivity index (χ0v) is 4.39. The van der Waals surface area contributed by atoms with Gasteiger partial charge >= 0.3 is 0 Å². The van der Waals surface area contributed by atoms with Crippen molar-refractivity contribution in [2.75, 3.05) is 0 Å². The highest BCUT2D eigenvalue weighted by molar-refractivity contribution is 5.71. The molecule has 0 aliphatic heterocycles. The Morgan fingerprint density at radius 2 is 2.43 bits per heavy atom. The topological polar surface area (TPSA) is 38.3 Å². The molecule has 0 saturated heterocycles. The summed E-state index contributed by atoms with van der Waals surface area (Å²) in [6, 6.07) is 0. The maximum absolute atomic E-state index is 9.95. The van der Waals surface area contributed by atoms with Crippen molar-refractivity contribution in [3.05, 3.63) is 6.61 Å². The molecule has 0 aliphatic rings. The monoisotopic (exact) mass is 102 g/mol. The number of hydroxylamine groups is 1. The average Bonchev–Trinajstić information content (AvgIpc) is 1.61. The molecule has 0 rings (SSSR count). The van der Waals surface area contributed by atoms with Gasteiger partial charge < -0.3 is 0 Å². The molecule has 0 bridgehead atoms. The van der Waals surface area contributed by atoms with E-state index in [1.807, 2.05) is 0 Å². The molecule has 0 saturated carbocycles. The van der Waals surface area contributed by atoms with Crippen LogP contribution in [0.25, 0.3) is 0 Å². The number of hydrogen-bond acceptors (Lipinski definition) is 2. The summed E-state index contributed by atoms with van der Waals surface area (Å²) in [6.07, 6.45) is 0. The molecule has 0 aromatic rings. The second-order valence-electron chi connectivity index (χ2n) is 1.01. The molecule has 0 atom stereocenters. The molecular weight excluding hydrogens is 94.0 g/mol. The molecule has 0 aromatic heterocycles. The van der Waals surface area contributed by atoms with Gasteiger partial charge in [-0.15, -0.1) is 0 Å². The van der Waals surface area contributed by atoms with E-state index < -0.39 is 0 Å². The van der Waals surface area contributed by atoms with Crippen molar-refractivity contribution < 1.29 is 9.63 Å². The van der Waals surface area contributed by atoms with Crippen LogP contribution in [0.4, 0.5) is 0 Å². The Balaban J connectivity index is 2.82. The van der Waals surface area contributed by atoms with Crippen LogP contribution >= 0.6 is 0 Å². The maximum Gasteiger partial charge on any atom is 0.240 e. The SMILES string of the molecule is C[CH]ONC(C)=O. The molecule has 0 spiro atoms. The molecule has 1 amide bonds. The first-order valence-electron chi connectivity index (χ1n) is 1.97. The zero-order chi connectivity index (χ0) is 5.70. The minimum Gasteiger partial charge on any atom is -0.273 e. The number of rotatable bonds is 2. The van der Waals surface area contributed by atoms with Crippen LogP contribution in [0.15, 0.2) is 0 Å². The largest absolute Gasteiger partial charge is 0.273 e. The first kappa shape index (κ1) is 6.43. The van der Waals surface area contributed by atoms with Crippen molar-refractivity contribution in [3.63, 3.8) is 0 Å². The summed E-state index contributed by atoms with van der Waals surface area (Å²) in [5.41, 5.74) is 2.10.